The Morgan fingerprint density at radius 2 is 2.24 bits per heavy atom. The van der Waals surface area contributed by atoms with Crippen molar-refractivity contribution in [2.24, 2.45) is 0 Å². The summed E-state index contributed by atoms with van der Waals surface area (Å²) in [5.74, 6) is -0.176. The molecule has 0 aliphatic carbocycles. The van der Waals surface area contributed by atoms with Crippen molar-refractivity contribution in [1.29, 1.82) is 0 Å². The number of nitrogens with one attached hydrogen (secondary N) is 1. The highest BCUT2D eigenvalue weighted by Crippen LogP contribution is 2.20. The maximum Gasteiger partial charge on any atom is 0.250 e. The molecule has 0 aliphatic rings. The zero-order valence-corrected chi connectivity index (χ0v) is 13.0. The second-order valence-corrected chi connectivity index (χ2v) is 5.67. The van der Waals surface area contributed by atoms with Gasteiger partial charge in [-0.3, -0.25) is 4.79 Å². The molecular formula is C15H19N3O2S. The number of amides is 1. The van der Waals surface area contributed by atoms with Crippen molar-refractivity contribution in [3.63, 3.8) is 0 Å². The third-order valence-corrected chi connectivity index (χ3v) is 4.20. The standard InChI is InChI=1S/C15H19N3O2S/c1-10-12(16)4-3-5-13(10)18-15(19)8-20-7-6-14-11(2)17-9-21-14/h3-5,9H,6-8,16H2,1-2H3,(H,18,19). The number of carbonyl (C=O) groups is 1. The van der Waals surface area contributed by atoms with Crippen LogP contribution in [0.5, 0.6) is 0 Å². The van der Waals surface area contributed by atoms with E-state index in [0.29, 0.717) is 12.3 Å². The maximum atomic E-state index is 11.8. The number of carbonyl (C=O) groups excluding carboxylic acids is 1. The van der Waals surface area contributed by atoms with Crippen molar-refractivity contribution in [3.05, 3.63) is 39.8 Å². The van der Waals surface area contributed by atoms with Crippen LogP contribution in [0.25, 0.3) is 0 Å². The molecule has 2 rings (SSSR count). The van der Waals surface area contributed by atoms with Crippen LogP contribution >= 0.6 is 11.3 Å². The molecule has 1 heterocycles. The summed E-state index contributed by atoms with van der Waals surface area (Å²) in [4.78, 5) is 17.2. The third kappa shape index (κ3) is 4.27. The summed E-state index contributed by atoms with van der Waals surface area (Å²) < 4.78 is 5.40. The van der Waals surface area contributed by atoms with Crippen LogP contribution < -0.4 is 11.1 Å². The van der Waals surface area contributed by atoms with E-state index in [2.05, 4.69) is 10.3 Å². The first-order valence-corrected chi connectivity index (χ1v) is 7.57. The molecule has 21 heavy (non-hydrogen) atoms. The predicted molar refractivity (Wildman–Crippen MR) is 85.6 cm³/mol. The number of rotatable bonds is 6. The Morgan fingerprint density at radius 3 is 2.95 bits per heavy atom. The van der Waals surface area contributed by atoms with Crippen LogP contribution in [0.1, 0.15) is 16.1 Å². The first-order valence-electron chi connectivity index (χ1n) is 6.69. The molecular weight excluding hydrogens is 286 g/mol. The van der Waals surface area contributed by atoms with E-state index in [9.17, 15) is 4.79 Å². The molecule has 0 unspecified atom stereocenters. The van der Waals surface area contributed by atoms with Gasteiger partial charge in [-0.25, -0.2) is 4.98 Å². The van der Waals surface area contributed by atoms with E-state index in [1.54, 1.807) is 17.4 Å². The lowest BCUT2D eigenvalue weighted by Crippen LogP contribution is -2.19. The van der Waals surface area contributed by atoms with Crippen molar-refractivity contribution in [2.45, 2.75) is 20.3 Å². The molecule has 3 N–H and O–H groups in total. The third-order valence-electron chi connectivity index (χ3n) is 3.20. The number of hydrogen-bond donors (Lipinski definition) is 2. The molecule has 0 atom stereocenters. The number of benzene rings is 1. The number of nitrogens with two attached hydrogens (primary N) is 1. The number of aryl methyl sites for hydroxylation is 1. The average Bonchev–Trinajstić information content (AvgIpc) is 2.86. The molecule has 2 aromatic rings. The van der Waals surface area contributed by atoms with Gasteiger partial charge < -0.3 is 15.8 Å². The van der Waals surface area contributed by atoms with Gasteiger partial charge in [0.25, 0.3) is 0 Å². The number of thiazole rings is 1. The van der Waals surface area contributed by atoms with Gasteiger partial charge in [-0.05, 0) is 31.5 Å². The Labute approximate surface area is 128 Å². The zero-order valence-electron chi connectivity index (χ0n) is 12.2. The molecule has 0 saturated carbocycles. The van der Waals surface area contributed by atoms with Crippen molar-refractivity contribution >= 4 is 28.6 Å². The topological polar surface area (TPSA) is 77.2 Å². The minimum absolute atomic E-state index is 0.0338. The summed E-state index contributed by atoms with van der Waals surface area (Å²) in [5.41, 5.74) is 10.9. The number of anilines is 2. The van der Waals surface area contributed by atoms with E-state index in [0.717, 1.165) is 23.4 Å². The fourth-order valence-electron chi connectivity index (χ4n) is 1.87. The van der Waals surface area contributed by atoms with E-state index < -0.39 is 0 Å². The van der Waals surface area contributed by atoms with E-state index in [1.807, 2.05) is 31.5 Å². The highest BCUT2D eigenvalue weighted by molar-refractivity contribution is 7.09. The molecule has 1 aromatic carbocycles. The van der Waals surface area contributed by atoms with Crippen LogP contribution in [0.4, 0.5) is 11.4 Å². The molecule has 112 valence electrons. The Kier molecular flexibility index (Phi) is 5.30. The van der Waals surface area contributed by atoms with Gasteiger partial charge in [0.15, 0.2) is 0 Å². The summed E-state index contributed by atoms with van der Waals surface area (Å²) >= 11 is 1.61. The summed E-state index contributed by atoms with van der Waals surface area (Å²) in [6.07, 6.45) is 0.779. The highest BCUT2D eigenvalue weighted by atomic mass is 32.1. The van der Waals surface area contributed by atoms with Gasteiger partial charge in [-0.15, -0.1) is 11.3 Å². The van der Waals surface area contributed by atoms with Crippen LogP contribution in [0, 0.1) is 13.8 Å². The van der Waals surface area contributed by atoms with E-state index in [4.69, 9.17) is 10.5 Å². The minimum atomic E-state index is -0.176. The van der Waals surface area contributed by atoms with Crippen molar-refractivity contribution < 1.29 is 9.53 Å². The first-order chi connectivity index (χ1) is 10.1. The Balaban J connectivity index is 1.75. The van der Waals surface area contributed by atoms with Gasteiger partial charge in [0.05, 0.1) is 17.8 Å². The molecule has 0 spiro atoms. The van der Waals surface area contributed by atoms with E-state index >= 15 is 0 Å². The number of ether oxygens (including phenoxy) is 1. The monoisotopic (exact) mass is 305 g/mol. The molecule has 6 heteroatoms. The average molecular weight is 305 g/mol. The lowest BCUT2D eigenvalue weighted by molar-refractivity contribution is -0.120. The Morgan fingerprint density at radius 1 is 1.43 bits per heavy atom. The van der Waals surface area contributed by atoms with Crippen LogP contribution in [0.2, 0.25) is 0 Å². The molecule has 0 saturated heterocycles. The van der Waals surface area contributed by atoms with E-state index in [-0.39, 0.29) is 12.5 Å². The fraction of sp³-hybridized carbons (Fsp3) is 0.333. The van der Waals surface area contributed by atoms with Crippen LogP contribution in [0.3, 0.4) is 0 Å². The molecule has 0 radical (unpaired) electrons. The van der Waals surface area contributed by atoms with E-state index in [1.165, 1.54) is 4.88 Å². The largest absolute Gasteiger partial charge is 0.398 e. The number of nitrogen functional groups attached to an aromatic ring is 1. The van der Waals surface area contributed by atoms with Gasteiger partial charge in [0, 0.05) is 22.7 Å². The highest BCUT2D eigenvalue weighted by Gasteiger charge is 2.07. The quantitative estimate of drug-likeness (QED) is 0.635. The van der Waals surface area contributed by atoms with Crippen LogP contribution in [0.15, 0.2) is 23.7 Å². The van der Waals surface area contributed by atoms with Gasteiger partial charge in [-0.2, -0.15) is 0 Å². The molecule has 0 aliphatic heterocycles. The maximum absolute atomic E-state index is 11.8. The summed E-state index contributed by atoms with van der Waals surface area (Å²) in [6, 6.07) is 5.44. The van der Waals surface area contributed by atoms with Crippen molar-refractivity contribution in [1.82, 2.24) is 4.98 Å². The second kappa shape index (κ2) is 7.19. The fourth-order valence-corrected chi connectivity index (χ4v) is 2.63. The predicted octanol–water partition coefficient (Wildman–Crippen LogP) is 2.54. The first kappa shape index (κ1) is 15.5. The number of aromatic nitrogens is 1. The van der Waals surface area contributed by atoms with Crippen LogP contribution in [-0.2, 0) is 16.0 Å². The zero-order chi connectivity index (χ0) is 15.2. The summed E-state index contributed by atoms with van der Waals surface area (Å²) in [7, 11) is 0. The van der Waals surface area contributed by atoms with Gasteiger partial charge in [0.1, 0.15) is 6.61 Å². The Bertz CT molecular complexity index is 625. The molecule has 0 fully saturated rings. The molecule has 0 bridgehead atoms. The van der Waals surface area contributed by atoms with Gasteiger partial charge in [0.2, 0.25) is 5.91 Å². The van der Waals surface area contributed by atoms with Crippen LogP contribution in [-0.4, -0.2) is 24.1 Å². The van der Waals surface area contributed by atoms with Gasteiger partial charge in [-0.1, -0.05) is 6.07 Å². The second-order valence-electron chi connectivity index (χ2n) is 4.73. The summed E-state index contributed by atoms with van der Waals surface area (Å²) in [6.45, 7) is 4.39. The normalized spacial score (nSPS) is 10.6. The number of hydrogen-bond acceptors (Lipinski definition) is 5. The minimum Gasteiger partial charge on any atom is -0.398 e. The Hall–Kier alpha value is -1.92. The molecule has 1 aromatic heterocycles. The lowest BCUT2D eigenvalue weighted by Gasteiger charge is -2.10. The van der Waals surface area contributed by atoms with Crippen molar-refractivity contribution in [2.75, 3.05) is 24.3 Å². The SMILES string of the molecule is Cc1ncsc1CCOCC(=O)Nc1cccc(N)c1C. The molecule has 1 amide bonds. The number of nitrogens with zero attached hydrogens (tertiary/aromatic N) is 1. The lowest BCUT2D eigenvalue weighted by atomic mass is 10.1. The smallest absolute Gasteiger partial charge is 0.250 e. The molecule has 5 nitrogen and oxygen atoms in total. The summed E-state index contributed by atoms with van der Waals surface area (Å²) in [5, 5.41) is 2.80. The van der Waals surface area contributed by atoms with Gasteiger partial charge >= 0.3 is 0 Å². The van der Waals surface area contributed by atoms with Crippen molar-refractivity contribution in [3.8, 4) is 0 Å².